The monoisotopic (exact) mass is 458 g/mol. The molecule has 33 heavy (non-hydrogen) atoms. The van der Waals surface area contributed by atoms with Crippen molar-refractivity contribution in [2.75, 3.05) is 0 Å². The van der Waals surface area contributed by atoms with E-state index < -0.39 is 11.4 Å². The molecular weight excluding hydrogens is 412 g/mol. The van der Waals surface area contributed by atoms with Crippen molar-refractivity contribution >= 4 is 11.9 Å². The molecule has 186 valence electrons. The van der Waals surface area contributed by atoms with Gasteiger partial charge in [0.1, 0.15) is 6.10 Å². The van der Waals surface area contributed by atoms with Gasteiger partial charge in [-0.2, -0.15) is 0 Å². The molecule has 10 atom stereocenters. The highest BCUT2D eigenvalue weighted by atomic mass is 16.5. The van der Waals surface area contributed by atoms with Crippen LogP contribution in [0.2, 0.25) is 0 Å². The summed E-state index contributed by atoms with van der Waals surface area (Å²) < 4.78 is 5.90. The molecule has 0 amide bonds. The van der Waals surface area contributed by atoms with Crippen LogP contribution in [0.1, 0.15) is 112 Å². The molecule has 0 saturated heterocycles. The third-order valence-electron chi connectivity index (χ3n) is 12.9. The summed E-state index contributed by atoms with van der Waals surface area (Å²) in [6.07, 6.45) is 12.7. The molecule has 0 aromatic carbocycles. The quantitative estimate of drug-likeness (QED) is 0.469. The lowest BCUT2D eigenvalue weighted by atomic mass is 9.33. The van der Waals surface area contributed by atoms with Crippen LogP contribution in [0.4, 0.5) is 0 Å². The molecule has 0 spiro atoms. The molecule has 0 aliphatic heterocycles. The van der Waals surface area contributed by atoms with Gasteiger partial charge in [-0.05, 0) is 110 Å². The van der Waals surface area contributed by atoms with Gasteiger partial charge in [0.2, 0.25) is 0 Å². The normalized spacial score (nSPS) is 53.2. The Hall–Kier alpha value is -1.06. The molecule has 5 aliphatic carbocycles. The number of ether oxygens (including phenoxy) is 1. The van der Waals surface area contributed by atoms with Crippen molar-refractivity contribution in [3.63, 3.8) is 0 Å². The molecular formula is C29H46O4. The zero-order chi connectivity index (χ0) is 23.8. The maximum absolute atomic E-state index is 12.5. The molecule has 0 bridgehead atoms. The highest BCUT2D eigenvalue weighted by molar-refractivity contribution is 5.76. The van der Waals surface area contributed by atoms with Crippen LogP contribution < -0.4 is 0 Å². The van der Waals surface area contributed by atoms with E-state index in [4.69, 9.17) is 4.74 Å². The van der Waals surface area contributed by atoms with Gasteiger partial charge in [0.15, 0.2) is 0 Å². The van der Waals surface area contributed by atoms with Gasteiger partial charge in [-0.25, -0.2) is 0 Å². The molecule has 0 radical (unpaired) electrons. The number of carboxylic acids is 1. The first-order chi connectivity index (χ1) is 15.5. The van der Waals surface area contributed by atoms with Crippen molar-refractivity contribution in [3.05, 3.63) is 0 Å². The van der Waals surface area contributed by atoms with Crippen LogP contribution in [0.3, 0.4) is 0 Å². The van der Waals surface area contributed by atoms with Gasteiger partial charge in [0.05, 0.1) is 5.41 Å². The minimum Gasteiger partial charge on any atom is -0.481 e. The van der Waals surface area contributed by atoms with Crippen molar-refractivity contribution in [1.29, 1.82) is 0 Å². The van der Waals surface area contributed by atoms with Crippen LogP contribution in [0.5, 0.6) is 0 Å². The van der Waals surface area contributed by atoms with E-state index in [1.165, 1.54) is 25.7 Å². The van der Waals surface area contributed by atoms with Crippen LogP contribution in [0.15, 0.2) is 0 Å². The smallest absolute Gasteiger partial charge is 0.309 e. The number of fused-ring (bicyclic) bond motifs is 7. The largest absolute Gasteiger partial charge is 0.481 e. The topological polar surface area (TPSA) is 63.6 Å². The Labute approximate surface area is 200 Å². The van der Waals surface area contributed by atoms with Gasteiger partial charge in [0.25, 0.3) is 0 Å². The molecule has 4 heteroatoms. The van der Waals surface area contributed by atoms with Gasteiger partial charge in [0, 0.05) is 6.42 Å². The average Bonchev–Trinajstić information content (AvgIpc) is 3.22. The van der Waals surface area contributed by atoms with Crippen LogP contribution in [0, 0.1) is 51.2 Å². The molecule has 5 aliphatic rings. The minimum absolute atomic E-state index is 0.0511. The molecule has 5 saturated carbocycles. The highest BCUT2D eigenvalue weighted by Gasteiger charge is 2.70. The number of esters is 1. The maximum atomic E-state index is 12.5. The summed E-state index contributed by atoms with van der Waals surface area (Å²) in [6.45, 7) is 12.0. The lowest BCUT2D eigenvalue weighted by molar-refractivity contribution is -0.236. The number of carbonyl (C=O) groups is 2. The summed E-state index contributed by atoms with van der Waals surface area (Å²) in [4.78, 5) is 24.5. The average molecular weight is 459 g/mol. The lowest BCUT2D eigenvalue weighted by Gasteiger charge is -2.71. The summed E-state index contributed by atoms with van der Waals surface area (Å²) in [5.74, 6) is 2.11. The second-order valence-electron chi connectivity index (χ2n) is 13.5. The standard InChI is InChI=1S/C29H46O4/c1-6-24(30)33-22-12-14-26(3)19(18(22)2)11-15-28(5)23(26)10-9-20-21-8-7-13-29(21,25(31)32)17-16-27(20,28)4/h18-23H,6-17H2,1-5H3,(H,31,32)/t18?,19?,20?,21?,22?,23?,26?,27-,28?,29?/m1/s1. The second kappa shape index (κ2) is 7.72. The fourth-order valence-electron chi connectivity index (χ4n) is 10.9. The van der Waals surface area contributed by atoms with Crippen LogP contribution in [0.25, 0.3) is 0 Å². The van der Waals surface area contributed by atoms with Gasteiger partial charge in [-0.1, -0.05) is 41.0 Å². The Kier molecular flexibility index (Phi) is 5.54. The zero-order valence-electron chi connectivity index (χ0n) is 21.6. The number of rotatable bonds is 3. The summed E-state index contributed by atoms with van der Waals surface area (Å²) in [7, 11) is 0. The van der Waals surface area contributed by atoms with Crippen LogP contribution in [-0.2, 0) is 14.3 Å². The Balaban J connectivity index is 1.44. The van der Waals surface area contributed by atoms with E-state index in [1.807, 2.05) is 6.92 Å². The Morgan fingerprint density at radius 3 is 2.30 bits per heavy atom. The third kappa shape index (κ3) is 3.00. The van der Waals surface area contributed by atoms with E-state index in [2.05, 4.69) is 27.7 Å². The van der Waals surface area contributed by atoms with E-state index in [1.54, 1.807) is 0 Å². The molecule has 5 fully saturated rings. The lowest BCUT2D eigenvalue weighted by Crippen LogP contribution is -2.65. The molecule has 0 aromatic rings. The van der Waals surface area contributed by atoms with E-state index in [0.717, 1.165) is 44.9 Å². The number of aliphatic carboxylic acids is 1. The summed E-state index contributed by atoms with van der Waals surface area (Å²) in [5, 5.41) is 10.3. The van der Waals surface area contributed by atoms with Crippen molar-refractivity contribution in [2.24, 2.45) is 51.2 Å². The molecule has 4 nitrogen and oxygen atoms in total. The first kappa shape index (κ1) is 23.7. The molecule has 5 rings (SSSR count). The van der Waals surface area contributed by atoms with Crippen molar-refractivity contribution in [2.45, 2.75) is 118 Å². The molecule has 0 heterocycles. The Morgan fingerprint density at radius 2 is 1.61 bits per heavy atom. The SMILES string of the molecule is CCC(=O)OC1CCC2(C)C(CCC3(C)C2CCC2C4CCCC4(C(=O)O)CC[C@]23C)C1C. The predicted octanol–water partition coefficient (Wildman–Crippen LogP) is 6.86. The number of hydrogen-bond acceptors (Lipinski definition) is 3. The van der Waals surface area contributed by atoms with E-state index >= 15 is 0 Å². The second-order valence-corrected chi connectivity index (χ2v) is 13.5. The van der Waals surface area contributed by atoms with E-state index in [9.17, 15) is 14.7 Å². The molecule has 0 aromatic heterocycles. The summed E-state index contributed by atoms with van der Waals surface area (Å²) in [5.41, 5.74) is 0.379. The van der Waals surface area contributed by atoms with Crippen LogP contribution in [-0.4, -0.2) is 23.1 Å². The summed E-state index contributed by atoms with van der Waals surface area (Å²) in [6, 6.07) is 0. The fourth-order valence-corrected chi connectivity index (χ4v) is 10.9. The predicted molar refractivity (Wildman–Crippen MR) is 128 cm³/mol. The van der Waals surface area contributed by atoms with Crippen molar-refractivity contribution in [3.8, 4) is 0 Å². The van der Waals surface area contributed by atoms with Crippen molar-refractivity contribution in [1.82, 2.24) is 0 Å². The van der Waals surface area contributed by atoms with Crippen molar-refractivity contribution < 1.29 is 19.4 Å². The van der Waals surface area contributed by atoms with Gasteiger partial charge < -0.3 is 9.84 Å². The number of carboxylic acid groups (broad SMARTS) is 1. The Morgan fingerprint density at radius 1 is 0.848 bits per heavy atom. The van der Waals surface area contributed by atoms with E-state index in [-0.39, 0.29) is 22.9 Å². The fraction of sp³-hybridized carbons (Fsp3) is 0.931. The zero-order valence-corrected chi connectivity index (χ0v) is 21.6. The third-order valence-corrected chi connectivity index (χ3v) is 12.9. The van der Waals surface area contributed by atoms with Crippen LogP contribution >= 0.6 is 0 Å². The molecule has 1 N–H and O–H groups in total. The molecule has 9 unspecified atom stereocenters. The van der Waals surface area contributed by atoms with Gasteiger partial charge >= 0.3 is 11.9 Å². The number of hydrogen-bond donors (Lipinski definition) is 1. The first-order valence-corrected chi connectivity index (χ1v) is 14.0. The Bertz CT molecular complexity index is 822. The van der Waals surface area contributed by atoms with Gasteiger partial charge in [-0.3, -0.25) is 9.59 Å². The summed E-state index contributed by atoms with van der Waals surface area (Å²) >= 11 is 0. The maximum Gasteiger partial charge on any atom is 0.309 e. The van der Waals surface area contributed by atoms with E-state index in [0.29, 0.717) is 41.4 Å². The minimum atomic E-state index is -0.510. The first-order valence-electron chi connectivity index (χ1n) is 14.0. The number of carbonyl (C=O) groups excluding carboxylic acids is 1. The highest BCUT2D eigenvalue weighted by Crippen LogP contribution is 2.76. The van der Waals surface area contributed by atoms with Gasteiger partial charge in [-0.15, -0.1) is 0 Å².